The number of nitrogens with one attached hydrogen (secondary N) is 2. The molecule has 0 saturated heterocycles. The van der Waals surface area contributed by atoms with Crippen LogP contribution < -0.4 is 10.6 Å². The number of imide groups is 1. The highest BCUT2D eigenvalue weighted by molar-refractivity contribution is 5.97. The second-order valence-corrected chi connectivity index (χ2v) is 6.87. The predicted molar refractivity (Wildman–Crippen MR) is 102 cm³/mol. The van der Waals surface area contributed by atoms with Crippen LogP contribution in [0.2, 0.25) is 0 Å². The topological polar surface area (TPSA) is 71.1 Å². The lowest BCUT2D eigenvalue weighted by Gasteiger charge is -2.20. The third kappa shape index (κ3) is 4.48. The molecular formula is C21H25N3O2. The lowest BCUT2D eigenvalue weighted by molar-refractivity contribution is -0.121. The Labute approximate surface area is 154 Å². The van der Waals surface area contributed by atoms with Gasteiger partial charge in [0, 0.05) is 19.4 Å². The van der Waals surface area contributed by atoms with Crippen LogP contribution >= 0.6 is 0 Å². The van der Waals surface area contributed by atoms with Crippen LogP contribution in [0.3, 0.4) is 0 Å². The molecule has 1 saturated carbocycles. The van der Waals surface area contributed by atoms with Crippen molar-refractivity contribution in [1.29, 1.82) is 0 Å². The smallest absolute Gasteiger partial charge is 0.321 e. The van der Waals surface area contributed by atoms with Gasteiger partial charge in [0.1, 0.15) is 0 Å². The van der Waals surface area contributed by atoms with Gasteiger partial charge in [0.15, 0.2) is 0 Å². The first-order chi connectivity index (χ1) is 12.7. The Bertz CT molecular complexity index is 738. The van der Waals surface area contributed by atoms with Crippen LogP contribution in [0, 0.1) is 5.92 Å². The van der Waals surface area contributed by atoms with Crippen LogP contribution in [-0.4, -0.2) is 24.0 Å². The number of hydrogen-bond acceptors (Lipinski definition) is 3. The molecule has 1 aliphatic carbocycles. The molecule has 0 bridgehead atoms. The summed E-state index contributed by atoms with van der Waals surface area (Å²) in [7, 11) is 1.51. The van der Waals surface area contributed by atoms with E-state index in [2.05, 4.69) is 15.6 Å². The van der Waals surface area contributed by atoms with Crippen molar-refractivity contribution in [2.75, 3.05) is 7.05 Å². The van der Waals surface area contributed by atoms with E-state index in [1.807, 2.05) is 42.6 Å². The van der Waals surface area contributed by atoms with Crippen molar-refractivity contribution in [1.82, 2.24) is 15.6 Å². The minimum atomic E-state index is -0.460. The maximum absolute atomic E-state index is 12.7. The monoisotopic (exact) mass is 351 g/mol. The Morgan fingerprint density at radius 2 is 1.85 bits per heavy atom. The molecule has 26 heavy (non-hydrogen) atoms. The molecule has 136 valence electrons. The summed E-state index contributed by atoms with van der Waals surface area (Å²) in [5, 5.41) is 4.90. The second kappa shape index (κ2) is 8.61. The highest BCUT2D eigenvalue weighted by atomic mass is 16.2. The van der Waals surface area contributed by atoms with E-state index < -0.39 is 6.03 Å². The lowest BCUT2D eigenvalue weighted by Crippen LogP contribution is -2.40. The summed E-state index contributed by atoms with van der Waals surface area (Å²) >= 11 is 0. The van der Waals surface area contributed by atoms with Gasteiger partial charge in [0.05, 0.1) is 5.92 Å². The average molecular weight is 351 g/mol. The number of carbonyl (C=O) groups is 2. The zero-order valence-corrected chi connectivity index (χ0v) is 15.1. The second-order valence-electron chi connectivity index (χ2n) is 6.87. The summed E-state index contributed by atoms with van der Waals surface area (Å²) in [6.45, 7) is 0. The molecule has 5 heteroatoms. The van der Waals surface area contributed by atoms with Gasteiger partial charge in [-0.25, -0.2) is 4.79 Å². The van der Waals surface area contributed by atoms with E-state index in [0.29, 0.717) is 5.92 Å². The first-order valence-electron chi connectivity index (χ1n) is 9.20. The molecule has 1 atom stereocenters. The van der Waals surface area contributed by atoms with Gasteiger partial charge in [0.25, 0.3) is 0 Å². The normalized spacial score (nSPS) is 15.4. The van der Waals surface area contributed by atoms with E-state index >= 15 is 0 Å². The fourth-order valence-electron chi connectivity index (χ4n) is 3.68. The molecule has 1 heterocycles. The maximum Gasteiger partial charge on any atom is 0.321 e. The van der Waals surface area contributed by atoms with E-state index in [4.69, 9.17) is 0 Å². The Kier molecular flexibility index (Phi) is 6.00. The molecule has 1 aromatic heterocycles. The molecule has 5 nitrogen and oxygen atoms in total. The fraction of sp³-hybridized carbons (Fsp3) is 0.381. The van der Waals surface area contributed by atoms with Crippen LogP contribution in [0.15, 0.2) is 48.8 Å². The molecular weight excluding hydrogens is 326 g/mol. The Morgan fingerprint density at radius 3 is 2.46 bits per heavy atom. The molecule has 1 fully saturated rings. The molecule has 0 radical (unpaired) electrons. The third-order valence-corrected chi connectivity index (χ3v) is 5.13. The molecule has 1 aromatic carbocycles. The standard InChI is InChI=1S/C21H25N3O2/c1-22-21(26)24-20(25)19(13-15-5-2-3-6-15)17-10-8-16(9-11-17)18-7-4-12-23-14-18/h4,7-12,14-15,19H,2-3,5-6,13H2,1H3,(H2,22,24,25,26). The third-order valence-electron chi connectivity index (χ3n) is 5.13. The van der Waals surface area contributed by atoms with Gasteiger partial charge in [-0.3, -0.25) is 15.1 Å². The summed E-state index contributed by atoms with van der Waals surface area (Å²) < 4.78 is 0. The minimum absolute atomic E-state index is 0.231. The van der Waals surface area contributed by atoms with Crippen LogP contribution in [0.5, 0.6) is 0 Å². The van der Waals surface area contributed by atoms with Crippen molar-refractivity contribution < 1.29 is 9.59 Å². The number of carbonyl (C=O) groups excluding carboxylic acids is 2. The first kappa shape index (κ1) is 18.1. The first-order valence-corrected chi connectivity index (χ1v) is 9.20. The van der Waals surface area contributed by atoms with Gasteiger partial charge in [-0.15, -0.1) is 0 Å². The molecule has 1 unspecified atom stereocenters. The van der Waals surface area contributed by atoms with Crippen LogP contribution in [0.1, 0.15) is 43.6 Å². The van der Waals surface area contributed by atoms with E-state index in [-0.39, 0.29) is 11.8 Å². The lowest BCUT2D eigenvalue weighted by atomic mass is 9.86. The van der Waals surface area contributed by atoms with Crippen LogP contribution in [0.25, 0.3) is 11.1 Å². The quantitative estimate of drug-likeness (QED) is 0.859. The molecule has 1 aliphatic rings. The number of amides is 3. The van der Waals surface area contributed by atoms with Crippen molar-refractivity contribution in [3.8, 4) is 11.1 Å². The number of pyridine rings is 1. The summed E-state index contributed by atoms with van der Waals surface area (Å²) in [6.07, 6.45) is 9.15. The van der Waals surface area contributed by atoms with Gasteiger partial charge < -0.3 is 5.32 Å². The predicted octanol–water partition coefficient (Wildman–Crippen LogP) is 3.87. The van der Waals surface area contributed by atoms with Crippen LogP contribution in [-0.2, 0) is 4.79 Å². The molecule has 3 rings (SSSR count). The summed E-state index contributed by atoms with van der Waals surface area (Å²) in [6, 6.07) is 11.5. The number of benzene rings is 1. The summed E-state index contributed by atoms with van der Waals surface area (Å²) in [5.41, 5.74) is 3.06. The van der Waals surface area contributed by atoms with Crippen molar-refractivity contribution in [2.45, 2.75) is 38.0 Å². The van der Waals surface area contributed by atoms with E-state index in [9.17, 15) is 9.59 Å². The van der Waals surface area contributed by atoms with Crippen molar-refractivity contribution in [3.05, 3.63) is 54.4 Å². The number of hydrogen-bond donors (Lipinski definition) is 2. The fourth-order valence-corrected chi connectivity index (χ4v) is 3.68. The summed E-state index contributed by atoms with van der Waals surface area (Å²) in [4.78, 5) is 28.4. The van der Waals surface area contributed by atoms with Crippen molar-refractivity contribution in [3.63, 3.8) is 0 Å². The van der Waals surface area contributed by atoms with Gasteiger partial charge in [-0.2, -0.15) is 0 Å². The highest BCUT2D eigenvalue weighted by Gasteiger charge is 2.27. The number of aromatic nitrogens is 1. The molecule has 2 N–H and O–H groups in total. The molecule has 3 amide bonds. The Balaban J connectivity index is 1.80. The number of rotatable bonds is 5. The number of urea groups is 1. The molecule has 0 spiro atoms. The van der Waals surface area contributed by atoms with Gasteiger partial charge in [0.2, 0.25) is 5.91 Å². The molecule has 0 aliphatic heterocycles. The Morgan fingerprint density at radius 1 is 1.12 bits per heavy atom. The van der Waals surface area contributed by atoms with Gasteiger partial charge in [-0.1, -0.05) is 56.0 Å². The SMILES string of the molecule is CNC(=O)NC(=O)C(CC1CCCC1)c1ccc(-c2cccnc2)cc1. The maximum atomic E-state index is 12.7. The zero-order chi connectivity index (χ0) is 18.4. The zero-order valence-electron chi connectivity index (χ0n) is 15.1. The van der Waals surface area contributed by atoms with Gasteiger partial charge >= 0.3 is 6.03 Å². The minimum Gasteiger partial charge on any atom is -0.341 e. The van der Waals surface area contributed by atoms with Crippen molar-refractivity contribution in [2.24, 2.45) is 5.92 Å². The van der Waals surface area contributed by atoms with E-state index in [1.165, 1.54) is 19.9 Å². The average Bonchev–Trinajstić information content (AvgIpc) is 3.20. The highest BCUT2D eigenvalue weighted by Crippen LogP contribution is 2.35. The van der Waals surface area contributed by atoms with Gasteiger partial charge in [-0.05, 0) is 35.1 Å². The number of nitrogens with zero attached hydrogens (tertiary/aromatic N) is 1. The van der Waals surface area contributed by atoms with E-state index in [0.717, 1.165) is 36.0 Å². The van der Waals surface area contributed by atoms with Crippen molar-refractivity contribution >= 4 is 11.9 Å². The summed E-state index contributed by atoms with van der Waals surface area (Å²) in [5.74, 6) is 0.0113. The Hall–Kier alpha value is -2.69. The van der Waals surface area contributed by atoms with E-state index in [1.54, 1.807) is 6.20 Å². The van der Waals surface area contributed by atoms with Crippen LogP contribution in [0.4, 0.5) is 4.79 Å². The molecule has 2 aromatic rings. The largest absolute Gasteiger partial charge is 0.341 e.